The molecule has 2 N–H and O–H groups in total. The first-order valence-corrected chi connectivity index (χ1v) is 8.85. The number of benzene rings is 1. The third-order valence-corrected chi connectivity index (χ3v) is 4.74. The molecule has 0 saturated carbocycles. The summed E-state index contributed by atoms with van der Waals surface area (Å²) in [5, 5.41) is 17.6. The van der Waals surface area contributed by atoms with Crippen LogP contribution in [0.15, 0.2) is 42.9 Å². The smallest absolute Gasteiger partial charge is 0.158 e. The molecule has 2 aromatic heterocycles. The normalized spacial score (nSPS) is 18.2. The van der Waals surface area contributed by atoms with Crippen molar-refractivity contribution < 1.29 is 9.84 Å². The number of anilines is 2. The predicted octanol–water partition coefficient (Wildman–Crippen LogP) is 2.44. The molecule has 3 heterocycles. The highest BCUT2D eigenvalue weighted by atomic mass is 16.5. The van der Waals surface area contributed by atoms with E-state index in [0.717, 1.165) is 54.3 Å². The Kier molecular flexibility index (Phi) is 4.73. The molecule has 1 aliphatic rings. The fraction of sp³-hybridized carbons (Fsp3) is 0.368. The van der Waals surface area contributed by atoms with Crippen molar-refractivity contribution in [2.24, 2.45) is 0 Å². The summed E-state index contributed by atoms with van der Waals surface area (Å²) in [7, 11) is 1.65. The van der Waals surface area contributed by atoms with Crippen molar-refractivity contribution in [1.29, 1.82) is 0 Å². The van der Waals surface area contributed by atoms with Gasteiger partial charge in [0, 0.05) is 31.0 Å². The molecule has 1 aromatic carbocycles. The molecular weight excluding hydrogens is 330 g/mol. The van der Waals surface area contributed by atoms with E-state index in [9.17, 15) is 5.11 Å². The first kappa shape index (κ1) is 16.8. The van der Waals surface area contributed by atoms with Crippen molar-refractivity contribution in [1.82, 2.24) is 19.5 Å². The third kappa shape index (κ3) is 3.49. The lowest BCUT2D eigenvalue weighted by Crippen LogP contribution is -2.37. The molecule has 0 bridgehead atoms. The van der Waals surface area contributed by atoms with Gasteiger partial charge in [-0.3, -0.25) is 4.90 Å². The standard InChI is InChI=1S/C19H23N5O2/c1-26-17-6-2-4-15(10-17)22-19-18-14(7-9-24(18)21-13-20-19)11-23-8-3-5-16(25)12-23/h2,4,6-7,9-10,13,16,25H,3,5,8,11-12H2,1H3,(H,20,21,22). The molecule has 0 aliphatic carbocycles. The number of aliphatic hydroxyl groups is 1. The van der Waals surface area contributed by atoms with E-state index in [2.05, 4.69) is 26.4 Å². The fourth-order valence-corrected chi connectivity index (χ4v) is 3.49. The molecule has 0 amide bonds. The number of rotatable bonds is 5. The van der Waals surface area contributed by atoms with Gasteiger partial charge < -0.3 is 15.2 Å². The fourth-order valence-electron chi connectivity index (χ4n) is 3.49. The highest BCUT2D eigenvalue weighted by molar-refractivity contribution is 5.76. The summed E-state index contributed by atoms with van der Waals surface area (Å²) in [5.74, 6) is 1.55. The van der Waals surface area contributed by atoms with Crippen LogP contribution >= 0.6 is 0 Å². The highest BCUT2D eigenvalue weighted by Crippen LogP contribution is 2.26. The lowest BCUT2D eigenvalue weighted by atomic mass is 10.1. The first-order valence-electron chi connectivity index (χ1n) is 8.85. The van der Waals surface area contributed by atoms with E-state index in [4.69, 9.17) is 4.74 Å². The Bertz CT molecular complexity index is 895. The van der Waals surface area contributed by atoms with E-state index >= 15 is 0 Å². The topological polar surface area (TPSA) is 74.9 Å². The van der Waals surface area contributed by atoms with E-state index in [1.807, 2.05) is 35.0 Å². The minimum Gasteiger partial charge on any atom is -0.497 e. The van der Waals surface area contributed by atoms with Crippen molar-refractivity contribution in [3.8, 4) is 5.75 Å². The van der Waals surface area contributed by atoms with Gasteiger partial charge >= 0.3 is 0 Å². The summed E-state index contributed by atoms with van der Waals surface area (Å²) >= 11 is 0. The number of methoxy groups -OCH3 is 1. The van der Waals surface area contributed by atoms with Gasteiger partial charge in [-0.25, -0.2) is 9.50 Å². The zero-order valence-electron chi connectivity index (χ0n) is 14.8. The summed E-state index contributed by atoms with van der Waals surface area (Å²) in [6.07, 6.45) is 5.17. The maximum Gasteiger partial charge on any atom is 0.158 e. The molecule has 1 saturated heterocycles. The summed E-state index contributed by atoms with van der Waals surface area (Å²) in [5.41, 5.74) is 3.01. The Morgan fingerprint density at radius 3 is 3.12 bits per heavy atom. The maximum absolute atomic E-state index is 9.92. The zero-order valence-corrected chi connectivity index (χ0v) is 14.8. The quantitative estimate of drug-likeness (QED) is 0.734. The monoisotopic (exact) mass is 353 g/mol. The van der Waals surface area contributed by atoms with Crippen LogP contribution in [0.5, 0.6) is 5.75 Å². The molecule has 3 aromatic rings. The average Bonchev–Trinajstić information content (AvgIpc) is 3.06. The Labute approximate surface area is 152 Å². The van der Waals surface area contributed by atoms with Crippen molar-refractivity contribution >= 4 is 17.0 Å². The number of hydrogen-bond donors (Lipinski definition) is 2. The number of ether oxygens (including phenoxy) is 1. The number of aliphatic hydroxyl groups excluding tert-OH is 1. The minimum absolute atomic E-state index is 0.233. The average molecular weight is 353 g/mol. The molecule has 1 atom stereocenters. The summed E-state index contributed by atoms with van der Waals surface area (Å²) in [4.78, 5) is 6.73. The predicted molar refractivity (Wildman–Crippen MR) is 99.8 cm³/mol. The minimum atomic E-state index is -0.233. The molecule has 7 nitrogen and oxygen atoms in total. The largest absolute Gasteiger partial charge is 0.497 e. The third-order valence-electron chi connectivity index (χ3n) is 4.74. The molecule has 7 heteroatoms. The lowest BCUT2D eigenvalue weighted by molar-refractivity contribution is 0.0670. The second kappa shape index (κ2) is 7.31. The first-order chi connectivity index (χ1) is 12.7. The van der Waals surface area contributed by atoms with Crippen molar-refractivity contribution in [3.05, 3.63) is 48.4 Å². The van der Waals surface area contributed by atoms with Crippen molar-refractivity contribution in [2.75, 3.05) is 25.5 Å². The molecule has 1 unspecified atom stereocenters. The van der Waals surface area contributed by atoms with Gasteiger partial charge in [-0.15, -0.1) is 0 Å². The van der Waals surface area contributed by atoms with Gasteiger partial charge in [0.25, 0.3) is 0 Å². The number of hydrogen-bond acceptors (Lipinski definition) is 6. The van der Waals surface area contributed by atoms with Gasteiger partial charge in [0.2, 0.25) is 0 Å². The van der Waals surface area contributed by atoms with E-state index in [1.165, 1.54) is 0 Å². The maximum atomic E-state index is 9.92. The Hall–Kier alpha value is -2.64. The lowest BCUT2D eigenvalue weighted by Gasteiger charge is -2.29. The number of β-amino-alcohol motifs (C(OH)–C–C–N with tert-alkyl or cyclic N) is 1. The number of nitrogens with zero attached hydrogens (tertiary/aromatic N) is 4. The van der Waals surface area contributed by atoms with E-state index in [0.29, 0.717) is 6.54 Å². The number of likely N-dealkylation sites (tertiary alicyclic amines) is 1. The number of fused-ring (bicyclic) bond motifs is 1. The summed E-state index contributed by atoms with van der Waals surface area (Å²) in [6, 6.07) is 9.83. The second-order valence-electron chi connectivity index (χ2n) is 6.63. The van der Waals surface area contributed by atoms with Crippen molar-refractivity contribution in [3.63, 3.8) is 0 Å². The molecule has 136 valence electrons. The number of piperidine rings is 1. The van der Waals surface area contributed by atoms with Crippen molar-refractivity contribution in [2.45, 2.75) is 25.5 Å². The van der Waals surface area contributed by atoms with Crippen LogP contribution in [0.1, 0.15) is 18.4 Å². The van der Waals surface area contributed by atoms with E-state index in [-0.39, 0.29) is 6.10 Å². The van der Waals surface area contributed by atoms with Crippen LogP contribution in [0, 0.1) is 0 Å². The molecule has 0 spiro atoms. The molecule has 1 aliphatic heterocycles. The van der Waals surface area contributed by atoms with Crippen LogP contribution in [0.2, 0.25) is 0 Å². The van der Waals surface area contributed by atoms with Gasteiger partial charge in [0.05, 0.1) is 13.2 Å². The number of nitrogens with one attached hydrogen (secondary N) is 1. The van der Waals surface area contributed by atoms with Crippen LogP contribution < -0.4 is 10.1 Å². The van der Waals surface area contributed by atoms with Gasteiger partial charge in [0.1, 0.15) is 17.6 Å². The second-order valence-corrected chi connectivity index (χ2v) is 6.63. The highest BCUT2D eigenvalue weighted by Gasteiger charge is 2.20. The van der Waals surface area contributed by atoms with Crippen LogP contribution in [-0.2, 0) is 6.54 Å². The molecule has 26 heavy (non-hydrogen) atoms. The van der Waals surface area contributed by atoms with Gasteiger partial charge in [-0.1, -0.05) is 6.07 Å². The molecule has 0 radical (unpaired) electrons. The zero-order chi connectivity index (χ0) is 17.9. The SMILES string of the molecule is COc1cccc(Nc2ncnn3ccc(CN4CCCC(O)C4)c23)c1. The van der Waals surface area contributed by atoms with Gasteiger partial charge in [-0.2, -0.15) is 5.10 Å². The Balaban J connectivity index is 1.63. The summed E-state index contributed by atoms with van der Waals surface area (Å²) < 4.78 is 7.13. The van der Waals surface area contributed by atoms with Gasteiger partial charge in [0.15, 0.2) is 5.82 Å². The van der Waals surface area contributed by atoms with Crippen LogP contribution in [0.3, 0.4) is 0 Å². The van der Waals surface area contributed by atoms with Crippen LogP contribution in [0.4, 0.5) is 11.5 Å². The van der Waals surface area contributed by atoms with E-state index < -0.39 is 0 Å². The van der Waals surface area contributed by atoms with Crippen LogP contribution in [-0.4, -0.2) is 50.9 Å². The van der Waals surface area contributed by atoms with E-state index in [1.54, 1.807) is 13.4 Å². The number of aromatic nitrogens is 3. The molecule has 4 rings (SSSR count). The molecule has 1 fully saturated rings. The van der Waals surface area contributed by atoms with Crippen LogP contribution in [0.25, 0.3) is 5.52 Å². The Morgan fingerprint density at radius 2 is 2.27 bits per heavy atom. The van der Waals surface area contributed by atoms with Gasteiger partial charge in [-0.05, 0) is 43.1 Å². The summed E-state index contributed by atoms with van der Waals surface area (Å²) in [6.45, 7) is 2.48. The Morgan fingerprint density at radius 1 is 1.35 bits per heavy atom. The molecular formula is C19H23N5O2.